The van der Waals surface area contributed by atoms with Crippen LogP contribution in [0.3, 0.4) is 0 Å². The molecule has 0 atom stereocenters. The first kappa shape index (κ1) is 20.3. The monoisotopic (exact) mass is 467 g/mol. The number of rotatable bonds is 2. The number of morpholine rings is 1. The molecule has 9 nitrogen and oxygen atoms in total. The van der Waals surface area contributed by atoms with Crippen molar-refractivity contribution in [2.75, 3.05) is 39.5 Å². The van der Waals surface area contributed by atoms with Crippen LogP contribution in [0.2, 0.25) is 0 Å². The molecule has 2 aromatic carbocycles. The smallest absolute Gasteiger partial charge is 0.274 e. The van der Waals surface area contributed by atoms with Gasteiger partial charge in [0, 0.05) is 30.3 Å². The van der Waals surface area contributed by atoms with Gasteiger partial charge in [0.05, 0.1) is 35.2 Å². The molecule has 0 aliphatic carbocycles. The third kappa shape index (κ3) is 3.28. The number of ether oxygens (including phenoxy) is 3. The maximum absolute atomic E-state index is 13.4. The standard InChI is InChI=1S/C23H21N3O6S/c27-23(25-7-9-30-10-8-25)21-17-14-33(28,29)20-4-2-1-3-16(20)22(17)26(24-21)15-5-6-18-19(13-15)32-12-11-31-18/h1-6,13H,7-12,14H2. The molecule has 10 heteroatoms. The minimum Gasteiger partial charge on any atom is -0.486 e. The molecule has 3 aliphatic rings. The summed E-state index contributed by atoms with van der Waals surface area (Å²) in [6, 6.07) is 12.3. The summed E-state index contributed by atoms with van der Waals surface area (Å²) in [5, 5.41) is 4.67. The van der Waals surface area contributed by atoms with Crippen LogP contribution in [0, 0.1) is 0 Å². The third-order valence-corrected chi connectivity index (χ3v) is 7.76. The normalized spacial score (nSPS) is 18.4. The van der Waals surface area contributed by atoms with Gasteiger partial charge in [-0.15, -0.1) is 0 Å². The van der Waals surface area contributed by atoms with E-state index in [-0.39, 0.29) is 22.2 Å². The lowest BCUT2D eigenvalue weighted by Gasteiger charge is -2.26. The van der Waals surface area contributed by atoms with Gasteiger partial charge in [-0.3, -0.25) is 4.79 Å². The highest BCUT2D eigenvalue weighted by molar-refractivity contribution is 7.90. The molecule has 3 aromatic rings. The first-order valence-corrected chi connectivity index (χ1v) is 12.4. The molecule has 0 saturated carbocycles. The molecule has 170 valence electrons. The number of aromatic nitrogens is 2. The minimum atomic E-state index is -3.62. The molecule has 1 fully saturated rings. The molecule has 1 aromatic heterocycles. The molecular weight excluding hydrogens is 446 g/mol. The van der Waals surface area contributed by atoms with Crippen LogP contribution in [-0.2, 0) is 20.3 Å². The summed E-state index contributed by atoms with van der Waals surface area (Å²) in [6.45, 7) is 2.68. The van der Waals surface area contributed by atoms with E-state index >= 15 is 0 Å². The van der Waals surface area contributed by atoms with Gasteiger partial charge in [-0.25, -0.2) is 13.1 Å². The molecule has 1 amide bonds. The lowest BCUT2D eigenvalue weighted by molar-refractivity contribution is 0.0298. The third-order valence-electron chi connectivity index (χ3n) is 6.07. The minimum absolute atomic E-state index is 0.153. The molecule has 6 rings (SSSR count). The molecule has 33 heavy (non-hydrogen) atoms. The van der Waals surface area contributed by atoms with E-state index in [1.54, 1.807) is 46.0 Å². The second kappa shape index (κ2) is 7.60. The van der Waals surface area contributed by atoms with Gasteiger partial charge in [0.15, 0.2) is 27.0 Å². The Hall–Kier alpha value is -3.37. The Morgan fingerprint density at radius 3 is 2.52 bits per heavy atom. The zero-order chi connectivity index (χ0) is 22.6. The summed E-state index contributed by atoms with van der Waals surface area (Å²) in [4.78, 5) is 15.3. The van der Waals surface area contributed by atoms with Gasteiger partial charge in [-0.1, -0.05) is 18.2 Å². The SMILES string of the molecule is O=C(c1nn(-c2ccc3c(c2)OCCO3)c2c1CS(=O)(=O)c1ccccc1-2)N1CCOCC1. The van der Waals surface area contributed by atoms with Crippen molar-refractivity contribution in [3.63, 3.8) is 0 Å². The largest absolute Gasteiger partial charge is 0.486 e. The van der Waals surface area contributed by atoms with Gasteiger partial charge in [0.1, 0.15) is 13.2 Å². The van der Waals surface area contributed by atoms with Gasteiger partial charge in [-0.05, 0) is 18.2 Å². The van der Waals surface area contributed by atoms with Crippen molar-refractivity contribution in [3.05, 3.63) is 53.7 Å². The zero-order valence-corrected chi connectivity index (χ0v) is 18.5. The average Bonchev–Trinajstić information content (AvgIpc) is 3.22. The summed E-state index contributed by atoms with van der Waals surface area (Å²) in [5.74, 6) is 0.648. The van der Waals surface area contributed by atoms with Crippen molar-refractivity contribution in [1.29, 1.82) is 0 Å². The maximum atomic E-state index is 13.4. The molecular formula is C23H21N3O6S. The van der Waals surface area contributed by atoms with Crippen molar-refractivity contribution >= 4 is 15.7 Å². The zero-order valence-electron chi connectivity index (χ0n) is 17.7. The van der Waals surface area contributed by atoms with Crippen molar-refractivity contribution < 1.29 is 27.4 Å². The Morgan fingerprint density at radius 1 is 0.939 bits per heavy atom. The Labute approximate surface area is 190 Å². The number of carbonyl (C=O) groups excluding carboxylic acids is 1. The van der Waals surface area contributed by atoms with E-state index in [1.165, 1.54) is 0 Å². The van der Waals surface area contributed by atoms with E-state index in [1.807, 2.05) is 6.07 Å². The summed E-state index contributed by atoms with van der Waals surface area (Å²) >= 11 is 0. The van der Waals surface area contributed by atoms with Gasteiger partial charge >= 0.3 is 0 Å². The number of benzene rings is 2. The fourth-order valence-electron chi connectivity index (χ4n) is 4.50. The van der Waals surface area contributed by atoms with E-state index in [9.17, 15) is 13.2 Å². The average molecular weight is 468 g/mol. The van der Waals surface area contributed by atoms with Gasteiger partial charge in [0.2, 0.25) is 0 Å². The van der Waals surface area contributed by atoms with Crippen LogP contribution in [0.15, 0.2) is 47.4 Å². The van der Waals surface area contributed by atoms with E-state index in [0.717, 1.165) is 0 Å². The number of hydrogen-bond acceptors (Lipinski definition) is 7. The topological polar surface area (TPSA) is 100.0 Å². The molecule has 0 radical (unpaired) electrons. The summed E-state index contributed by atoms with van der Waals surface area (Å²) in [7, 11) is -3.62. The second-order valence-corrected chi connectivity index (χ2v) is 10.0. The summed E-state index contributed by atoms with van der Waals surface area (Å²) in [6.07, 6.45) is 0. The van der Waals surface area contributed by atoms with Crippen LogP contribution in [0.25, 0.3) is 16.9 Å². The number of carbonyl (C=O) groups is 1. The maximum Gasteiger partial charge on any atom is 0.274 e. The molecule has 4 heterocycles. The summed E-state index contributed by atoms with van der Waals surface area (Å²) < 4.78 is 44.6. The van der Waals surface area contributed by atoms with E-state index in [2.05, 4.69) is 5.10 Å². The van der Waals surface area contributed by atoms with Gasteiger partial charge < -0.3 is 19.1 Å². The first-order chi connectivity index (χ1) is 16.0. The fraction of sp³-hybridized carbons (Fsp3) is 0.304. The predicted octanol–water partition coefficient (Wildman–Crippen LogP) is 2.07. The molecule has 1 saturated heterocycles. The molecule has 0 bridgehead atoms. The highest BCUT2D eigenvalue weighted by atomic mass is 32.2. The van der Waals surface area contributed by atoms with Crippen molar-refractivity contribution in [3.8, 4) is 28.4 Å². The molecule has 3 aliphatic heterocycles. The molecule has 0 unspecified atom stereocenters. The quantitative estimate of drug-likeness (QED) is 0.569. The number of nitrogens with zero attached hydrogens (tertiary/aromatic N) is 3. The number of fused-ring (bicyclic) bond motifs is 4. The van der Waals surface area contributed by atoms with Crippen molar-refractivity contribution in [2.45, 2.75) is 10.6 Å². The van der Waals surface area contributed by atoms with Crippen LogP contribution >= 0.6 is 0 Å². The van der Waals surface area contributed by atoms with E-state index in [0.29, 0.717) is 73.5 Å². The van der Waals surface area contributed by atoms with Crippen molar-refractivity contribution in [2.24, 2.45) is 0 Å². The molecule has 0 N–H and O–H groups in total. The lowest BCUT2D eigenvalue weighted by atomic mass is 10.0. The second-order valence-electron chi connectivity index (χ2n) is 8.08. The van der Waals surface area contributed by atoms with Crippen molar-refractivity contribution in [1.82, 2.24) is 14.7 Å². The number of sulfone groups is 1. The number of hydrogen-bond donors (Lipinski definition) is 0. The van der Waals surface area contributed by atoms with Crippen LogP contribution in [0.5, 0.6) is 11.5 Å². The Balaban J connectivity index is 1.57. The van der Waals surface area contributed by atoms with E-state index < -0.39 is 9.84 Å². The summed E-state index contributed by atoms with van der Waals surface area (Å²) in [5.41, 5.74) is 2.36. The van der Waals surface area contributed by atoms with Crippen LogP contribution in [-0.4, -0.2) is 68.5 Å². The highest BCUT2D eigenvalue weighted by Crippen LogP contribution is 2.42. The predicted molar refractivity (Wildman–Crippen MR) is 118 cm³/mol. The lowest BCUT2D eigenvalue weighted by Crippen LogP contribution is -2.41. The Kier molecular flexibility index (Phi) is 4.66. The van der Waals surface area contributed by atoms with Gasteiger partial charge in [-0.2, -0.15) is 5.10 Å². The van der Waals surface area contributed by atoms with Crippen LogP contribution in [0.1, 0.15) is 16.1 Å². The molecule has 0 spiro atoms. The van der Waals surface area contributed by atoms with Crippen LogP contribution in [0.4, 0.5) is 0 Å². The highest BCUT2D eigenvalue weighted by Gasteiger charge is 2.37. The van der Waals surface area contributed by atoms with E-state index in [4.69, 9.17) is 14.2 Å². The number of amides is 1. The Bertz CT molecular complexity index is 1370. The van der Waals surface area contributed by atoms with Crippen LogP contribution < -0.4 is 9.47 Å². The Morgan fingerprint density at radius 2 is 1.70 bits per heavy atom. The van der Waals surface area contributed by atoms with Gasteiger partial charge in [0.25, 0.3) is 5.91 Å². The first-order valence-electron chi connectivity index (χ1n) is 10.7. The fourth-order valence-corrected chi connectivity index (χ4v) is 6.10.